The molecule has 2 amide bonds. The Bertz CT molecular complexity index is 1570. The number of hydrogen-bond acceptors (Lipinski definition) is 9. The Balaban J connectivity index is 1.44. The standard InChI is InChI=1S/C24H15F6N3O5S4/c25-23(26,27)12-3-10(4-13(6-12)24(28,29)30)11-5-14(40-8-11)7-16-19(36)33(22(39)42-16)2-1-17(34)32-21-31-15(9-41-21)18(35)20(37)38/h3-9,18,35H,1-2H2,(H,37,38)(H,31,32,34). The summed E-state index contributed by atoms with van der Waals surface area (Å²) >= 11 is 8.02. The smallest absolute Gasteiger partial charge is 0.416 e. The van der Waals surface area contributed by atoms with Crippen LogP contribution in [0, 0.1) is 0 Å². The molecule has 1 aliphatic heterocycles. The number of alkyl halides is 6. The number of rotatable bonds is 8. The highest BCUT2D eigenvalue weighted by Gasteiger charge is 2.37. The SMILES string of the molecule is O=C(CCN1C(=O)C(=Cc2cc(-c3cc(C(F)(F)F)cc(C(F)(F)F)c3)cs2)SC1=S)Nc1nc(C(O)C(=O)O)cs1. The number of nitrogens with one attached hydrogen (secondary N) is 1. The van der Waals surface area contributed by atoms with Gasteiger partial charge in [-0.2, -0.15) is 26.3 Å². The van der Waals surface area contributed by atoms with E-state index in [9.17, 15) is 45.8 Å². The number of benzene rings is 1. The first-order valence-corrected chi connectivity index (χ1v) is 14.3. The van der Waals surface area contributed by atoms with Gasteiger partial charge in [-0.15, -0.1) is 22.7 Å². The van der Waals surface area contributed by atoms with Gasteiger partial charge < -0.3 is 15.5 Å². The number of carboxylic acids is 1. The van der Waals surface area contributed by atoms with Crippen LogP contribution >= 0.6 is 46.7 Å². The van der Waals surface area contributed by atoms with Crippen LogP contribution in [0.15, 0.2) is 39.9 Å². The maximum absolute atomic E-state index is 13.2. The van der Waals surface area contributed by atoms with Crippen LogP contribution in [-0.4, -0.2) is 48.7 Å². The minimum atomic E-state index is -4.99. The summed E-state index contributed by atoms with van der Waals surface area (Å²) in [4.78, 5) is 41.5. The van der Waals surface area contributed by atoms with E-state index in [1.807, 2.05) is 0 Å². The summed E-state index contributed by atoms with van der Waals surface area (Å²) in [5, 5.41) is 23.4. The molecule has 0 bridgehead atoms. The minimum Gasteiger partial charge on any atom is -0.479 e. The number of thioether (sulfide) groups is 1. The fraction of sp³-hybridized carbons (Fsp3) is 0.208. The third kappa shape index (κ3) is 7.35. The van der Waals surface area contributed by atoms with Crippen LogP contribution in [0.4, 0.5) is 31.5 Å². The lowest BCUT2D eigenvalue weighted by molar-refractivity contribution is -0.147. The second kappa shape index (κ2) is 12.1. The molecule has 18 heteroatoms. The van der Waals surface area contributed by atoms with Gasteiger partial charge in [-0.05, 0) is 46.8 Å². The van der Waals surface area contributed by atoms with Crippen LogP contribution in [0.1, 0.15) is 34.2 Å². The summed E-state index contributed by atoms with van der Waals surface area (Å²) in [5.74, 6) is -2.63. The van der Waals surface area contributed by atoms with Crippen molar-refractivity contribution >= 4 is 80.0 Å². The Labute approximate surface area is 249 Å². The van der Waals surface area contributed by atoms with Crippen molar-refractivity contribution in [2.75, 3.05) is 11.9 Å². The van der Waals surface area contributed by atoms with Crippen molar-refractivity contribution < 1.29 is 50.9 Å². The molecule has 1 saturated heterocycles. The van der Waals surface area contributed by atoms with Gasteiger partial charge >= 0.3 is 18.3 Å². The molecule has 1 atom stereocenters. The number of aliphatic carboxylic acids is 1. The number of aromatic nitrogens is 1. The van der Waals surface area contributed by atoms with E-state index in [1.54, 1.807) is 0 Å². The molecule has 3 N–H and O–H groups in total. The molecule has 222 valence electrons. The van der Waals surface area contributed by atoms with Gasteiger partial charge in [0.1, 0.15) is 4.32 Å². The number of carbonyl (C=O) groups excluding carboxylic acids is 2. The van der Waals surface area contributed by atoms with Crippen molar-refractivity contribution in [1.82, 2.24) is 9.88 Å². The van der Waals surface area contributed by atoms with Crippen LogP contribution in [-0.2, 0) is 26.7 Å². The van der Waals surface area contributed by atoms with Gasteiger partial charge in [-0.25, -0.2) is 9.78 Å². The quantitative estimate of drug-likeness (QED) is 0.146. The number of carboxylic acid groups (broad SMARTS) is 1. The zero-order valence-electron chi connectivity index (χ0n) is 20.4. The van der Waals surface area contributed by atoms with Gasteiger partial charge in [0.25, 0.3) is 5.91 Å². The van der Waals surface area contributed by atoms with Gasteiger partial charge in [-0.3, -0.25) is 14.5 Å². The van der Waals surface area contributed by atoms with E-state index in [0.717, 1.165) is 39.3 Å². The second-order valence-corrected chi connectivity index (χ2v) is 12.0. The first kappa shape index (κ1) is 31.6. The van der Waals surface area contributed by atoms with Crippen molar-refractivity contribution in [3.05, 3.63) is 61.6 Å². The normalized spacial score (nSPS) is 15.9. The van der Waals surface area contributed by atoms with E-state index in [1.165, 1.54) is 22.9 Å². The van der Waals surface area contributed by atoms with Gasteiger partial charge in [0.2, 0.25) is 5.91 Å². The number of halogens is 6. The van der Waals surface area contributed by atoms with Gasteiger partial charge in [0, 0.05) is 23.2 Å². The molecule has 1 unspecified atom stereocenters. The van der Waals surface area contributed by atoms with Crippen molar-refractivity contribution in [2.45, 2.75) is 24.9 Å². The van der Waals surface area contributed by atoms with Crippen molar-refractivity contribution in [3.8, 4) is 11.1 Å². The number of hydrogen-bond donors (Lipinski definition) is 3. The Morgan fingerprint density at radius 3 is 2.26 bits per heavy atom. The molecule has 1 aromatic carbocycles. The van der Waals surface area contributed by atoms with Crippen LogP contribution in [0.5, 0.6) is 0 Å². The molecule has 1 aliphatic rings. The van der Waals surface area contributed by atoms with Crippen molar-refractivity contribution in [3.63, 3.8) is 0 Å². The molecule has 1 fully saturated rings. The molecule has 4 rings (SSSR count). The molecule has 3 aromatic rings. The molecule has 0 saturated carbocycles. The first-order chi connectivity index (χ1) is 19.5. The lowest BCUT2D eigenvalue weighted by atomic mass is 10.0. The maximum Gasteiger partial charge on any atom is 0.416 e. The summed E-state index contributed by atoms with van der Waals surface area (Å²) in [6.45, 7) is -0.121. The largest absolute Gasteiger partial charge is 0.479 e. The summed E-state index contributed by atoms with van der Waals surface area (Å²) in [6.07, 6.45) is -10.7. The Hall–Kier alpha value is -3.32. The van der Waals surface area contributed by atoms with E-state index >= 15 is 0 Å². The van der Waals surface area contributed by atoms with Gasteiger partial charge in [0.05, 0.1) is 21.7 Å². The minimum absolute atomic E-state index is 0.0391. The van der Waals surface area contributed by atoms with Crippen LogP contribution in [0.3, 0.4) is 0 Å². The summed E-state index contributed by atoms with van der Waals surface area (Å²) < 4.78 is 79.5. The van der Waals surface area contributed by atoms with E-state index in [-0.39, 0.29) is 50.2 Å². The first-order valence-electron chi connectivity index (χ1n) is 11.3. The maximum atomic E-state index is 13.2. The number of carbonyl (C=O) groups is 3. The van der Waals surface area contributed by atoms with E-state index in [0.29, 0.717) is 17.0 Å². The van der Waals surface area contributed by atoms with Crippen molar-refractivity contribution in [1.29, 1.82) is 0 Å². The third-order valence-electron chi connectivity index (χ3n) is 5.53. The number of aliphatic hydroxyl groups is 1. The fourth-order valence-corrected chi connectivity index (χ4v) is 6.48. The number of nitrogens with zero attached hydrogens (tertiary/aromatic N) is 2. The highest BCUT2D eigenvalue weighted by molar-refractivity contribution is 8.26. The highest BCUT2D eigenvalue weighted by Crippen LogP contribution is 2.40. The number of amides is 2. The summed E-state index contributed by atoms with van der Waals surface area (Å²) in [6, 6.07) is 2.63. The molecular formula is C24H15F6N3O5S4. The Morgan fingerprint density at radius 1 is 1.02 bits per heavy atom. The van der Waals surface area contributed by atoms with Crippen molar-refractivity contribution in [2.24, 2.45) is 0 Å². The highest BCUT2D eigenvalue weighted by atomic mass is 32.2. The molecule has 0 aliphatic carbocycles. The molecular weight excluding hydrogens is 653 g/mol. The number of aliphatic hydroxyl groups excluding tert-OH is 1. The molecule has 42 heavy (non-hydrogen) atoms. The summed E-state index contributed by atoms with van der Waals surface area (Å²) in [7, 11) is 0. The monoisotopic (exact) mass is 667 g/mol. The van der Waals surface area contributed by atoms with E-state index in [4.69, 9.17) is 17.3 Å². The van der Waals surface area contributed by atoms with Gasteiger partial charge in [-0.1, -0.05) is 24.0 Å². The van der Waals surface area contributed by atoms with E-state index in [2.05, 4.69) is 10.3 Å². The number of thiazole rings is 1. The predicted molar refractivity (Wildman–Crippen MR) is 148 cm³/mol. The number of thiocarbonyl (C=S) groups is 1. The van der Waals surface area contributed by atoms with Crippen LogP contribution in [0.2, 0.25) is 0 Å². The third-order valence-corrected chi connectivity index (χ3v) is 8.57. The average molecular weight is 668 g/mol. The second-order valence-electron chi connectivity index (χ2n) is 8.48. The van der Waals surface area contributed by atoms with E-state index < -0.39 is 47.4 Å². The molecule has 0 radical (unpaired) electrons. The van der Waals surface area contributed by atoms with Gasteiger partial charge in [0.15, 0.2) is 11.2 Å². The lowest BCUT2D eigenvalue weighted by Gasteiger charge is -2.13. The zero-order chi connectivity index (χ0) is 31.0. The topological polar surface area (TPSA) is 120 Å². The predicted octanol–water partition coefficient (Wildman–Crippen LogP) is 6.26. The molecule has 2 aromatic heterocycles. The van der Waals surface area contributed by atoms with Crippen LogP contribution in [0.25, 0.3) is 17.2 Å². The lowest BCUT2D eigenvalue weighted by Crippen LogP contribution is -2.31. The Kier molecular flexibility index (Phi) is 9.12. The number of thiophene rings is 1. The summed E-state index contributed by atoms with van der Waals surface area (Å²) in [5.41, 5.74) is -3.25. The fourth-order valence-electron chi connectivity index (χ4n) is 3.51. The molecule has 8 nitrogen and oxygen atoms in total. The molecule has 0 spiro atoms. The number of anilines is 1. The Morgan fingerprint density at radius 2 is 1.67 bits per heavy atom. The average Bonchev–Trinajstić information content (AvgIpc) is 3.61. The van der Waals surface area contributed by atoms with Crippen LogP contribution < -0.4 is 5.32 Å². The zero-order valence-corrected chi connectivity index (χ0v) is 23.7. The molecule has 3 heterocycles.